The van der Waals surface area contributed by atoms with Crippen LogP contribution in [0.5, 0.6) is 0 Å². The smallest absolute Gasteiger partial charge is 0.275 e. The molecular formula is C17H12BrFN4O. The molecule has 0 atom stereocenters. The highest BCUT2D eigenvalue weighted by atomic mass is 79.9. The van der Waals surface area contributed by atoms with E-state index in [0.29, 0.717) is 11.5 Å². The van der Waals surface area contributed by atoms with Crippen molar-refractivity contribution >= 4 is 39.0 Å². The van der Waals surface area contributed by atoms with Crippen molar-refractivity contribution < 1.29 is 9.18 Å². The zero-order valence-corrected chi connectivity index (χ0v) is 13.9. The zero-order valence-electron chi connectivity index (χ0n) is 12.3. The van der Waals surface area contributed by atoms with Gasteiger partial charge in [-0.05, 0) is 42.5 Å². The number of hydrogen-bond acceptors (Lipinski definition) is 4. The summed E-state index contributed by atoms with van der Waals surface area (Å²) >= 11 is 3.36. The first-order chi connectivity index (χ1) is 11.6. The molecule has 3 rings (SSSR count). The highest BCUT2D eigenvalue weighted by molar-refractivity contribution is 9.10. The van der Waals surface area contributed by atoms with Crippen LogP contribution in [0.2, 0.25) is 0 Å². The standard InChI is InChI=1S/C17H12BrFN4O/c18-11-4-6-13(7-5-11)22-16-10-20-15(9-21-16)17(24)23-14-3-1-2-12(19)8-14/h1-10H,(H,21,22)(H,23,24). The van der Waals surface area contributed by atoms with Crippen LogP contribution in [0, 0.1) is 5.82 Å². The molecule has 0 aliphatic rings. The van der Waals surface area contributed by atoms with Crippen LogP contribution in [-0.2, 0) is 0 Å². The van der Waals surface area contributed by atoms with Crippen LogP contribution in [0.1, 0.15) is 10.5 Å². The molecule has 5 nitrogen and oxygen atoms in total. The first kappa shape index (κ1) is 16.1. The molecule has 3 aromatic rings. The Labute approximate surface area is 146 Å². The number of rotatable bonds is 4. The highest BCUT2D eigenvalue weighted by Gasteiger charge is 2.09. The summed E-state index contributed by atoms with van der Waals surface area (Å²) < 4.78 is 14.1. The van der Waals surface area contributed by atoms with Gasteiger partial charge in [0.2, 0.25) is 0 Å². The average Bonchev–Trinajstić information content (AvgIpc) is 2.57. The van der Waals surface area contributed by atoms with Crippen molar-refractivity contribution in [2.75, 3.05) is 10.6 Å². The molecule has 1 amide bonds. The maximum absolute atomic E-state index is 13.1. The van der Waals surface area contributed by atoms with Gasteiger partial charge in [-0.2, -0.15) is 0 Å². The number of benzene rings is 2. The predicted octanol–water partition coefficient (Wildman–Crippen LogP) is 4.37. The average molecular weight is 387 g/mol. The lowest BCUT2D eigenvalue weighted by Crippen LogP contribution is -2.14. The number of carbonyl (C=O) groups is 1. The van der Waals surface area contributed by atoms with E-state index in [1.54, 1.807) is 6.07 Å². The Morgan fingerprint density at radius 2 is 1.79 bits per heavy atom. The maximum Gasteiger partial charge on any atom is 0.275 e. The van der Waals surface area contributed by atoms with E-state index in [9.17, 15) is 9.18 Å². The lowest BCUT2D eigenvalue weighted by molar-refractivity contribution is 0.102. The Bertz CT molecular complexity index is 853. The SMILES string of the molecule is O=C(Nc1cccc(F)c1)c1cnc(Nc2ccc(Br)cc2)cn1. The van der Waals surface area contributed by atoms with Gasteiger partial charge in [-0.3, -0.25) is 4.79 Å². The molecule has 2 aromatic carbocycles. The van der Waals surface area contributed by atoms with Gasteiger partial charge in [-0.15, -0.1) is 0 Å². The molecule has 0 aliphatic carbocycles. The summed E-state index contributed by atoms with van der Waals surface area (Å²) in [6.45, 7) is 0. The van der Waals surface area contributed by atoms with Crippen LogP contribution < -0.4 is 10.6 Å². The molecule has 0 unspecified atom stereocenters. The number of anilines is 3. The molecule has 0 bridgehead atoms. The van der Waals surface area contributed by atoms with Crippen LogP contribution in [0.15, 0.2) is 65.4 Å². The van der Waals surface area contributed by atoms with E-state index in [2.05, 4.69) is 36.5 Å². The second-order valence-corrected chi connectivity index (χ2v) is 5.80. The highest BCUT2D eigenvalue weighted by Crippen LogP contribution is 2.17. The van der Waals surface area contributed by atoms with Gasteiger partial charge in [0.05, 0.1) is 12.4 Å². The number of amides is 1. The van der Waals surface area contributed by atoms with Gasteiger partial charge < -0.3 is 10.6 Å². The Balaban J connectivity index is 1.67. The summed E-state index contributed by atoms with van der Waals surface area (Å²) in [4.78, 5) is 20.3. The Hall–Kier alpha value is -2.80. The van der Waals surface area contributed by atoms with Crippen molar-refractivity contribution in [3.63, 3.8) is 0 Å². The summed E-state index contributed by atoms with van der Waals surface area (Å²) in [6.07, 6.45) is 2.82. The van der Waals surface area contributed by atoms with Gasteiger partial charge in [-0.1, -0.05) is 22.0 Å². The van der Waals surface area contributed by atoms with Crippen molar-refractivity contribution in [2.45, 2.75) is 0 Å². The van der Waals surface area contributed by atoms with Crippen molar-refractivity contribution in [1.82, 2.24) is 9.97 Å². The fourth-order valence-electron chi connectivity index (χ4n) is 1.95. The molecular weight excluding hydrogens is 375 g/mol. The fourth-order valence-corrected chi connectivity index (χ4v) is 2.22. The van der Waals surface area contributed by atoms with Crippen LogP contribution in [0.25, 0.3) is 0 Å². The molecule has 0 aliphatic heterocycles. The molecule has 0 fully saturated rings. The number of halogens is 2. The normalized spacial score (nSPS) is 10.2. The van der Waals surface area contributed by atoms with Gasteiger partial charge in [-0.25, -0.2) is 14.4 Å². The van der Waals surface area contributed by atoms with E-state index < -0.39 is 11.7 Å². The van der Waals surface area contributed by atoms with Gasteiger partial charge >= 0.3 is 0 Å². The minimum Gasteiger partial charge on any atom is -0.339 e. The number of nitrogens with one attached hydrogen (secondary N) is 2. The van der Waals surface area contributed by atoms with Crippen molar-refractivity contribution in [3.8, 4) is 0 Å². The number of carbonyl (C=O) groups excluding carboxylic acids is 1. The molecule has 0 spiro atoms. The number of nitrogens with zero attached hydrogens (tertiary/aromatic N) is 2. The number of aromatic nitrogens is 2. The second kappa shape index (κ2) is 7.18. The minimum absolute atomic E-state index is 0.139. The summed E-state index contributed by atoms with van der Waals surface area (Å²) in [7, 11) is 0. The van der Waals surface area contributed by atoms with E-state index in [0.717, 1.165) is 10.2 Å². The molecule has 0 radical (unpaired) electrons. The van der Waals surface area contributed by atoms with Crippen LogP contribution in [-0.4, -0.2) is 15.9 Å². The van der Waals surface area contributed by atoms with Crippen LogP contribution >= 0.6 is 15.9 Å². The van der Waals surface area contributed by atoms with Crippen molar-refractivity contribution in [2.24, 2.45) is 0 Å². The topological polar surface area (TPSA) is 66.9 Å². The molecule has 120 valence electrons. The molecule has 2 N–H and O–H groups in total. The third-order valence-electron chi connectivity index (χ3n) is 3.08. The summed E-state index contributed by atoms with van der Waals surface area (Å²) in [6, 6.07) is 13.2. The van der Waals surface area contributed by atoms with Gasteiger partial charge in [0, 0.05) is 15.8 Å². The summed E-state index contributed by atoms with van der Waals surface area (Å²) in [5, 5.41) is 5.65. The lowest BCUT2D eigenvalue weighted by Gasteiger charge is -2.07. The largest absolute Gasteiger partial charge is 0.339 e. The quantitative estimate of drug-likeness (QED) is 0.698. The molecule has 1 heterocycles. The Morgan fingerprint density at radius 1 is 1.00 bits per heavy atom. The minimum atomic E-state index is -0.455. The zero-order chi connectivity index (χ0) is 16.9. The number of hydrogen-bond donors (Lipinski definition) is 2. The van der Waals surface area contributed by atoms with E-state index in [1.807, 2.05) is 24.3 Å². The third kappa shape index (κ3) is 4.14. The fraction of sp³-hybridized carbons (Fsp3) is 0. The van der Waals surface area contributed by atoms with E-state index in [-0.39, 0.29) is 5.69 Å². The second-order valence-electron chi connectivity index (χ2n) is 4.88. The summed E-state index contributed by atoms with van der Waals surface area (Å²) in [5.74, 6) is -0.365. The van der Waals surface area contributed by atoms with Crippen molar-refractivity contribution in [3.05, 3.63) is 76.9 Å². The molecule has 0 saturated carbocycles. The van der Waals surface area contributed by atoms with E-state index in [4.69, 9.17) is 0 Å². The van der Waals surface area contributed by atoms with Gasteiger partial charge in [0.25, 0.3) is 5.91 Å². The van der Waals surface area contributed by atoms with E-state index in [1.165, 1.54) is 30.6 Å². The predicted molar refractivity (Wildman–Crippen MR) is 93.8 cm³/mol. The maximum atomic E-state index is 13.1. The van der Waals surface area contributed by atoms with Crippen molar-refractivity contribution in [1.29, 1.82) is 0 Å². The van der Waals surface area contributed by atoms with E-state index >= 15 is 0 Å². The Kier molecular flexibility index (Phi) is 4.81. The van der Waals surface area contributed by atoms with Gasteiger partial charge in [0.15, 0.2) is 0 Å². The molecule has 0 saturated heterocycles. The lowest BCUT2D eigenvalue weighted by atomic mass is 10.3. The molecule has 1 aromatic heterocycles. The summed E-state index contributed by atoms with van der Waals surface area (Å²) in [5.41, 5.74) is 1.35. The first-order valence-corrected chi connectivity index (χ1v) is 7.81. The van der Waals surface area contributed by atoms with Crippen LogP contribution in [0.3, 0.4) is 0 Å². The molecule has 7 heteroatoms. The first-order valence-electron chi connectivity index (χ1n) is 7.02. The molecule has 24 heavy (non-hydrogen) atoms. The van der Waals surface area contributed by atoms with Gasteiger partial charge in [0.1, 0.15) is 17.3 Å². The monoisotopic (exact) mass is 386 g/mol. The van der Waals surface area contributed by atoms with Crippen LogP contribution in [0.4, 0.5) is 21.6 Å². The third-order valence-corrected chi connectivity index (χ3v) is 3.61. The Morgan fingerprint density at radius 3 is 2.46 bits per heavy atom.